The zero-order valence-electron chi connectivity index (χ0n) is 6.49. The Morgan fingerprint density at radius 2 is 2.09 bits per heavy atom. The van der Waals surface area contributed by atoms with Crippen LogP contribution < -0.4 is 0 Å². The van der Waals surface area contributed by atoms with Crippen LogP contribution in [0.2, 0.25) is 0 Å². The van der Waals surface area contributed by atoms with E-state index in [0.717, 1.165) is 12.8 Å². The minimum atomic E-state index is -2.08. The lowest BCUT2D eigenvalue weighted by atomic mass is 10.1. The van der Waals surface area contributed by atoms with Gasteiger partial charge in [-0.05, 0) is 19.9 Å². The average molecular weight is 178 g/mol. The fourth-order valence-corrected chi connectivity index (χ4v) is 1.62. The zero-order chi connectivity index (χ0) is 8.27. The first-order valence-electron chi connectivity index (χ1n) is 3.62. The molecule has 1 fully saturated rings. The molecular weight excluding hydrogens is 166 g/mol. The third kappa shape index (κ3) is 2.52. The molecule has 0 bridgehead atoms. The summed E-state index contributed by atoms with van der Waals surface area (Å²) in [7, 11) is 1.60. The van der Waals surface area contributed by atoms with Gasteiger partial charge in [0, 0.05) is 30.5 Å². The molecule has 1 atom stereocenters. The van der Waals surface area contributed by atoms with Gasteiger partial charge >= 0.3 is 0 Å². The van der Waals surface area contributed by atoms with Gasteiger partial charge < -0.3 is 9.29 Å². The van der Waals surface area contributed by atoms with Crippen molar-refractivity contribution in [2.75, 3.05) is 20.3 Å². The van der Waals surface area contributed by atoms with E-state index < -0.39 is 11.3 Å². The molecule has 4 nitrogen and oxygen atoms in total. The molecule has 0 aromatic carbocycles. The van der Waals surface area contributed by atoms with Gasteiger partial charge in [0.05, 0.1) is 0 Å². The van der Waals surface area contributed by atoms with E-state index in [1.165, 1.54) is 4.31 Å². The fourth-order valence-electron chi connectivity index (χ4n) is 1.17. The quantitative estimate of drug-likeness (QED) is 0.554. The minimum absolute atomic E-state index is 0.141. The number of rotatable bonds is 2. The van der Waals surface area contributed by atoms with Gasteiger partial charge in [-0.3, -0.25) is 4.21 Å². The third-order valence-corrected chi connectivity index (χ3v) is 2.71. The van der Waals surface area contributed by atoms with Crippen molar-refractivity contribution in [1.82, 2.24) is 4.31 Å². The Bertz CT molecular complexity index is 147. The number of hydrogen-bond donors (Lipinski definition) is 0. The molecule has 0 saturated carbocycles. The van der Waals surface area contributed by atoms with Crippen molar-refractivity contribution in [3.8, 4) is 0 Å². The van der Waals surface area contributed by atoms with E-state index in [1.54, 1.807) is 7.05 Å². The van der Waals surface area contributed by atoms with E-state index in [9.17, 15) is 8.76 Å². The Hall–Kier alpha value is 0.0300. The van der Waals surface area contributed by atoms with Crippen molar-refractivity contribution in [3.05, 3.63) is 0 Å². The van der Waals surface area contributed by atoms with Gasteiger partial charge in [0.15, 0.2) is 0 Å². The largest absolute Gasteiger partial charge is 0.760 e. The van der Waals surface area contributed by atoms with Gasteiger partial charge in [-0.25, -0.2) is 4.31 Å². The van der Waals surface area contributed by atoms with Gasteiger partial charge in [-0.15, -0.1) is 0 Å². The Labute approximate surface area is 68.9 Å². The summed E-state index contributed by atoms with van der Waals surface area (Å²) in [6.07, 6.45) is 1.62. The molecule has 1 saturated heterocycles. The van der Waals surface area contributed by atoms with Gasteiger partial charge in [0.25, 0.3) is 0 Å². The summed E-state index contributed by atoms with van der Waals surface area (Å²) in [4.78, 5) is 0. The predicted molar refractivity (Wildman–Crippen MR) is 40.5 cm³/mol. The number of nitrogens with zero attached hydrogens (tertiary/aromatic N) is 1. The van der Waals surface area contributed by atoms with E-state index in [0.29, 0.717) is 13.2 Å². The molecule has 0 aromatic heterocycles. The fraction of sp³-hybridized carbons (Fsp3) is 1.00. The smallest absolute Gasteiger partial charge is 0.0481 e. The molecule has 1 heterocycles. The molecule has 0 spiro atoms. The van der Waals surface area contributed by atoms with Crippen LogP contribution in [0.15, 0.2) is 0 Å². The SMILES string of the molecule is CN(C1CCOCC1)S(=O)[O-]. The summed E-state index contributed by atoms with van der Waals surface area (Å²) >= 11 is -2.08. The lowest BCUT2D eigenvalue weighted by Gasteiger charge is -2.31. The average Bonchev–Trinajstić information content (AvgIpc) is 2.05. The Morgan fingerprint density at radius 1 is 1.55 bits per heavy atom. The first-order valence-corrected chi connectivity index (χ1v) is 4.65. The van der Waals surface area contributed by atoms with E-state index >= 15 is 0 Å². The van der Waals surface area contributed by atoms with Gasteiger partial charge in [0.1, 0.15) is 0 Å². The molecule has 0 N–H and O–H groups in total. The zero-order valence-corrected chi connectivity index (χ0v) is 7.30. The van der Waals surface area contributed by atoms with E-state index in [4.69, 9.17) is 4.74 Å². The molecule has 5 heteroatoms. The summed E-state index contributed by atoms with van der Waals surface area (Å²) in [6, 6.07) is 0.141. The standard InChI is InChI=1S/C6H13NO3S/c1-7(11(8)9)6-2-4-10-5-3-6/h6H,2-5H2,1H3,(H,8,9)/p-1. The highest BCUT2D eigenvalue weighted by atomic mass is 32.2. The van der Waals surface area contributed by atoms with Crippen molar-refractivity contribution in [1.29, 1.82) is 0 Å². The number of ether oxygens (including phenoxy) is 1. The second kappa shape index (κ2) is 4.15. The summed E-state index contributed by atoms with van der Waals surface area (Å²) in [6.45, 7) is 1.35. The van der Waals surface area contributed by atoms with Crippen LogP contribution in [0.4, 0.5) is 0 Å². The van der Waals surface area contributed by atoms with Crippen LogP contribution in [0.25, 0.3) is 0 Å². The molecule has 0 aromatic rings. The van der Waals surface area contributed by atoms with Crippen LogP contribution in [0, 0.1) is 0 Å². The van der Waals surface area contributed by atoms with Crippen molar-refractivity contribution in [2.24, 2.45) is 0 Å². The molecule has 0 aliphatic carbocycles. The van der Waals surface area contributed by atoms with Crippen LogP contribution >= 0.6 is 0 Å². The first kappa shape index (κ1) is 9.12. The summed E-state index contributed by atoms with van der Waals surface area (Å²) in [5.41, 5.74) is 0. The summed E-state index contributed by atoms with van der Waals surface area (Å²) in [5, 5.41) is 0. The molecule has 1 aliphatic heterocycles. The predicted octanol–water partition coefficient (Wildman–Crippen LogP) is -0.109. The molecule has 11 heavy (non-hydrogen) atoms. The van der Waals surface area contributed by atoms with Crippen LogP contribution in [0.1, 0.15) is 12.8 Å². The van der Waals surface area contributed by atoms with Gasteiger partial charge in [0.2, 0.25) is 0 Å². The van der Waals surface area contributed by atoms with Crippen molar-refractivity contribution in [2.45, 2.75) is 18.9 Å². The molecule has 0 radical (unpaired) electrons. The second-order valence-corrected chi connectivity index (χ2v) is 3.62. The van der Waals surface area contributed by atoms with E-state index in [-0.39, 0.29) is 6.04 Å². The Balaban J connectivity index is 2.38. The highest BCUT2D eigenvalue weighted by Gasteiger charge is 2.18. The molecule has 1 unspecified atom stereocenters. The van der Waals surface area contributed by atoms with E-state index in [1.807, 2.05) is 0 Å². The van der Waals surface area contributed by atoms with Crippen LogP contribution in [0.5, 0.6) is 0 Å². The molecule has 1 rings (SSSR count). The molecule has 1 aliphatic rings. The van der Waals surface area contributed by atoms with Crippen LogP contribution in [-0.2, 0) is 16.0 Å². The van der Waals surface area contributed by atoms with E-state index in [2.05, 4.69) is 0 Å². The Kier molecular flexibility index (Phi) is 3.45. The minimum Gasteiger partial charge on any atom is -0.760 e. The van der Waals surface area contributed by atoms with Gasteiger partial charge in [-0.2, -0.15) is 0 Å². The topological polar surface area (TPSA) is 52.6 Å². The summed E-state index contributed by atoms with van der Waals surface area (Å²) < 4.78 is 27.4. The lowest BCUT2D eigenvalue weighted by molar-refractivity contribution is 0.0627. The normalized spacial score (nSPS) is 23.9. The lowest BCUT2D eigenvalue weighted by Crippen LogP contribution is -2.37. The highest BCUT2D eigenvalue weighted by Crippen LogP contribution is 2.13. The maximum Gasteiger partial charge on any atom is 0.0481 e. The Morgan fingerprint density at radius 3 is 2.55 bits per heavy atom. The maximum atomic E-state index is 10.5. The third-order valence-electron chi connectivity index (χ3n) is 1.94. The maximum absolute atomic E-state index is 10.5. The first-order chi connectivity index (χ1) is 5.22. The van der Waals surface area contributed by atoms with Crippen molar-refractivity contribution >= 4 is 11.3 Å². The monoisotopic (exact) mass is 178 g/mol. The van der Waals surface area contributed by atoms with Crippen LogP contribution in [0.3, 0.4) is 0 Å². The molecule has 0 amide bonds. The number of hydrogen-bond acceptors (Lipinski definition) is 3. The van der Waals surface area contributed by atoms with Gasteiger partial charge in [-0.1, -0.05) is 0 Å². The van der Waals surface area contributed by atoms with Crippen molar-refractivity contribution < 1.29 is 13.5 Å². The second-order valence-electron chi connectivity index (χ2n) is 2.61. The highest BCUT2D eigenvalue weighted by molar-refractivity contribution is 7.76. The molecular formula is C6H12NO3S-. The summed E-state index contributed by atoms with van der Waals surface area (Å²) in [5.74, 6) is 0. The van der Waals surface area contributed by atoms with Crippen molar-refractivity contribution in [3.63, 3.8) is 0 Å². The van der Waals surface area contributed by atoms with Crippen LogP contribution in [-0.4, -0.2) is 39.4 Å². The molecule has 66 valence electrons.